The molecule has 0 radical (unpaired) electrons. The monoisotopic (exact) mass is 449 g/mol. The van der Waals surface area contributed by atoms with Gasteiger partial charge in [-0.25, -0.2) is 4.98 Å². The van der Waals surface area contributed by atoms with E-state index in [9.17, 15) is 9.59 Å². The molecule has 0 aliphatic carbocycles. The molecule has 1 amide bonds. The van der Waals surface area contributed by atoms with E-state index in [1.807, 2.05) is 6.92 Å². The van der Waals surface area contributed by atoms with Crippen molar-refractivity contribution in [1.29, 1.82) is 0 Å². The van der Waals surface area contributed by atoms with Crippen molar-refractivity contribution in [3.05, 3.63) is 67.1 Å². The summed E-state index contributed by atoms with van der Waals surface area (Å²) in [4.78, 5) is 31.7. The minimum Gasteiger partial charge on any atom is -0.306 e. The van der Waals surface area contributed by atoms with Crippen molar-refractivity contribution in [3.8, 4) is 5.95 Å². The van der Waals surface area contributed by atoms with Crippen LogP contribution < -0.4 is 10.9 Å². The summed E-state index contributed by atoms with van der Waals surface area (Å²) in [6, 6.07) is 8.17. The lowest BCUT2D eigenvalue weighted by molar-refractivity contribution is 0.102. The Labute approximate surface area is 168 Å². The number of benzene rings is 1. The van der Waals surface area contributed by atoms with E-state index < -0.39 is 5.91 Å². The second-order valence-corrected chi connectivity index (χ2v) is 7.29. The Kier molecular flexibility index (Phi) is 5.76. The van der Waals surface area contributed by atoms with Gasteiger partial charge in [-0.15, -0.1) is 0 Å². The fraction of sp³-hybridized carbons (Fsp3) is 0.222. The third kappa shape index (κ3) is 4.45. The first kappa shape index (κ1) is 19.3. The highest BCUT2D eigenvalue weighted by Gasteiger charge is 2.16. The number of nitrogens with zero attached hydrogens (tertiary/aromatic N) is 3. The predicted octanol–water partition coefficient (Wildman–Crippen LogP) is 3.88. The molecule has 0 bridgehead atoms. The lowest BCUT2D eigenvalue weighted by Crippen LogP contribution is -2.19. The second-order valence-electron chi connectivity index (χ2n) is 5.97. The Bertz CT molecular complexity index is 1060. The Morgan fingerprint density at radius 3 is 2.85 bits per heavy atom. The highest BCUT2D eigenvalue weighted by atomic mass is 79.9. The molecule has 0 aliphatic heterocycles. The summed E-state index contributed by atoms with van der Waals surface area (Å²) in [6.07, 6.45) is 1.53. The smallest absolute Gasteiger partial charge is 0.258 e. The number of H-pyrrole nitrogens is 1. The van der Waals surface area contributed by atoms with Gasteiger partial charge in [-0.2, -0.15) is 9.78 Å². The molecule has 2 aromatic heterocycles. The largest absolute Gasteiger partial charge is 0.306 e. The fourth-order valence-electron chi connectivity index (χ4n) is 2.58. The summed E-state index contributed by atoms with van der Waals surface area (Å²) >= 11 is 9.46. The van der Waals surface area contributed by atoms with Crippen LogP contribution in [0.5, 0.6) is 0 Å². The molecule has 3 aromatic rings. The van der Waals surface area contributed by atoms with Gasteiger partial charge in [0.2, 0.25) is 5.95 Å². The zero-order valence-electron chi connectivity index (χ0n) is 14.7. The fourth-order valence-corrected chi connectivity index (χ4v) is 3.15. The molecule has 0 spiro atoms. The number of aryl methyl sites for hydroxylation is 2. The maximum atomic E-state index is 12.7. The van der Waals surface area contributed by atoms with E-state index in [1.54, 1.807) is 31.2 Å². The van der Waals surface area contributed by atoms with E-state index in [0.717, 1.165) is 10.9 Å². The van der Waals surface area contributed by atoms with Crippen molar-refractivity contribution in [1.82, 2.24) is 19.7 Å². The van der Waals surface area contributed by atoms with Gasteiger partial charge in [0.25, 0.3) is 11.5 Å². The van der Waals surface area contributed by atoms with Crippen LogP contribution >= 0.6 is 27.5 Å². The SMILES string of the molecule is CCCc1cc(=O)[nH]c(-n2nc(C)cc2NC(=O)c2cc(Br)ccc2Cl)n1. The van der Waals surface area contributed by atoms with Crippen molar-refractivity contribution in [2.75, 3.05) is 5.32 Å². The van der Waals surface area contributed by atoms with Gasteiger partial charge in [0.1, 0.15) is 5.82 Å². The Morgan fingerprint density at radius 1 is 1.33 bits per heavy atom. The van der Waals surface area contributed by atoms with Gasteiger partial charge in [0.05, 0.1) is 16.3 Å². The predicted molar refractivity (Wildman–Crippen MR) is 108 cm³/mol. The van der Waals surface area contributed by atoms with Crippen LogP contribution in [0.3, 0.4) is 0 Å². The van der Waals surface area contributed by atoms with Crippen molar-refractivity contribution in [3.63, 3.8) is 0 Å². The highest BCUT2D eigenvalue weighted by molar-refractivity contribution is 9.10. The van der Waals surface area contributed by atoms with E-state index in [2.05, 4.69) is 36.3 Å². The molecule has 140 valence electrons. The minimum atomic E-state index is -0.394. The maximum Gasteiger partial charge on any atom is 0.258 e. The topological polar surface area (TPSA) is 92.7 Å². The number of carbonyl (C=O) groups excluding carboxylic acids is 1. The van der Waals surface area contributed by atoms with E-state index in [1.165, 1.54) is 10.7 Å². The maximum absolute atomic E-state index is 12.7. The van der Waals surface area contributed by atoms with Crippen LogP contribution in [0, 0.1) is 6.92 Å². The molecule has 7 nitrogen and oxygen atoms in total. The van der Waals surface area contributed by atoms with Crippen LogP contribution in [0.25, 0.3) is 5.95 Å². The van der Waals surface area contributed by atoms with Gasteiger partial charge in [-0.3, -0.25) is 14.6 Å². The zero-order chi connectivity index (χ0) is 19.6. The van der Waals surface area contributed by atoms with Crippen LogP contribution in [0.4, 0.5) is 5.82 Å². The molecule has 3 rings (SSSR count). The number of hydrogen-bond donors (Lipinski definition) is 2. The lowest BCUT2D eigenvalue weighted by Gasteiger charge is -2.10. The van der Waals surface area contributed by atoms with Gasteiger partial charge in [0, 0.05) is 22.3 Å². The summed E-state index contributed by atoms with van der Waals surface area (Å²) in [6.45, 7) is 3.79. The number of anilines is 1. The summed E-state index contributed by atoms with van der Waals surface area (Å²) < 4.78 is 2.14. The molecule has 0 fully saturated rings. The van der Waals surface area contributed by atoms with Gasteiger partial charge in [-0.05, 0) is 31.5 Å². The van der Waals surface area contributed by atoms with Gasteiger partial charge < -0.3 is 5.32 Å². The molecule has 27 heavy (non-hydrogen) atoms. The molecule has 2 N–H and O–H groups in total. The molecular weight excluding hydrogens is 434 g/mol. The van der Waals surface area contributed by atoms with Gasteiger partial charge in [-0.1, -0.05) is 40.9 Å². The number of amides is 1. The third-order valence-electron chi connectivity index (χ3n) is 3.74. The molecule has 2 heterocycles. The average molecular weight is 451 g/mol. The first-order chi connectivity index (χ1) is 12.9. The average Bonchev–Trinajstić information content (AvgIpc) is 2.97. The number of aromatic nitrogens is 4. The number of aromatic amines is 1. The van der Waals surface area contributed by atoms with Crippen LogP contribution in [0.2, 0.25) is 5.02 Å². The molecule has 0 saturated carbocycles. The van der Waals surface area contributed by atoms with E-state index in [-0.39, 0.29) is 11.5 Å². The zero-order valence-corrected chi connectivity index (χ0v) is 17.1. The van der Waals surface area contributed by atoms with E-state index in [4.69, 9.17) is 11.6 Å². The number of rotatable bonds is 5. The summed E-state index contributed by atoms with van der Waals surface area (Å²) in [5.74, 6) is 0.231. The molecular formula is C18H17BrClN5O2. The molecule has 1 aromatic carbocycles. The van der Waals surface area contributed by atoms with Crippen LogP contribution in [-0.2, 0) is 6.42 Å². The number of halogens is 2. The standard InChI is InChI=1S/C18H17BrClN5O2/c1-3-4-12-9-16(26)23-18(21-12)25-15(7-10(2)24-25)22-17(27)13-8-11(19)5-6-14(13)20/h5-9H,3-4H2,1-2H3,(H,22,27)(H,21,23,26). The number of carbonyl (C=O) groups is 1. The summed E-state index contributed by atoms with van der Waals surface area (Å²) in [7, 11) is 0. The van der Waals surface area contributed by atoms with E-state index >= 15 is 0 Å². The van der Waals surface area contributed by atoms with Crippen molar-refractivity contribution in [2.45, 2.75) is 26.7 Å². The van der Waals surface area contributed by atoms with Crippen molar-refractivity contribution >= 4 is 39.3 Å². The normalized spacial score (nSPS) is 10.8. The van der Waals surface area contributed by atoms with Gasteiger partial charge >= 0.3 is 0 Å². The van der Waals surface area contributed by atoms with Crippen LogP contribution in [-0.4, -0.2) is 25.7 Å². The number of hydrogen-bond acceptors (Lipinski definition) is 4. The van der Waals surface area contributed by atoms with Crippen molar-refractivity contribution < 1.29 is 4.79 Å². The van der Waals surface area contributed by atoms with Crippen LogP contribution in [0.15, 0.2) is 39.6 Å². The van der Waals surface area contributed by atoms with Crippen molar-refractivity contribution in [2.24, 2.45) is 0 Å². The Morgan fingerprint density at radius 2 is 2.11 bits per heavy atom. The summed E-state index contributed by atoms with van der Waals surface area (Å²) in [5.41, 5.74) is 1.37. The molecule has 9 heteroatoms. The molecule has 0 saturated heterocycles. The Balaban J connectivity index is 1.98. The third-order valence-corrected chi connectivity index (χ3v) is 4.56. The quantitative estimate of drug-likeness (QED) is 0.617. The van der Waals surface area contributed by atoms with E-state index in [0.29, 0.717) is 34.2 Å². The molecule has 0 unspecified atom stereocenters. The minimum absolute atomic E-state index is 0.245. The Hall–Kier alpha value is -2.45. The van der Waals surface area contributed by atoms with Gasteiger partial charge in [0.15, 0.2) is 0 Å². The summed E-state index contributed by atoms with van der Waals surface area (Å²) in [5, 5.41) is 7.44. The first-order valence-electron chi connectivity index (χ1n) is 8.31. The molecule has 0 atom stereocenters. The lowest BCUT2D eigenvalue weighted by atomic mass is 10.2. The van der Waals surface area contributed by atoms with Crippen LogP contribution in [0.1, 0.15) is 35.1 Å². The second kappa shape index (κ2) is 8.06. The first-order valence-corrected chi connectivity index (χ1v) is 9.48. The highest BCUT2D eigenvalue weighted by Crippen LogP contribution is 2.23. The molecule has 0 aliphatic rings. The number of nitrogens with one attached hydrogen (secondary N) is 2.